The van der Waals surface area contributed by atoms with Gasteiger partial charge >= 0.3 is 0 Å². The molecule has 6 heteroatoms. The van der Waals surface area contributed by atoms with E-state index >= 15 is 0 Å². The van der Waals surface area contributed by atoms with E-state index in [1.165, 1.54) is 34.6 Å². The summed E-state index contributed by atoms with van der Waals surface area (Å²) in [6.07, 6.45) is 9.70. The van der Waals surface area contributed by atoms with Gasteiger partial charge < -0.3 is 5.73 Å². The van der Waals surface area contributed by atoms with Crippen LogP contribution in [0.1, 0.15) is 29.7 Å². The first-order valence-corrected chi connectivity index (χ1v) is 10.3. The van der Waals surface area contributed by atoms with Crippen LogP contribution in [0.5, 0.6) is 0 Å². The van der Waals surface area contributed by atoms with Gasteiger partial charge in [-0.25, -0.2) is 9.67 Å². The second-order valence-electron chi connectivity index (χ2n) is 6.01. The highest BCUT2D eigenvalue weighted by molar-refractivity contribution is 7.98. The zero-order valence-electron chi connectivity index (χ0n) is 13.7. The molecule has 124 valence electrons. The van der Waals surface area contributed by atoms with Crippen molar-refractivity contribution in [1.29, 1.82) is 0 Å². The van der Waals surface area contributed by atoms with E-state index in [9.17, 15) is 0 Å². The Balaban J connectivity index is 1.77. The molecule has 0 spiro atoms. The summed E-state index contributed by atoms with van der Waals surface area (Å²) in [7, 11) is 0. The first kappa shape index (κ1) is 15.7. The van der Waals surface area contributed by atoms with E-state index in [-0.39, 0.29) is 0 Å². The fraction of sp³-hybridized carbons (Fsp3) is 0.333. The largest absolute Gasteiger partial charge is 0.396 e. The van der Waals surface area contributed by atoms with Crippen molar-refractivity contribution in [3.05, 3.63) is 41.0 Å². The number of thioether (sulfide) groups is 1. The van der Waals surface area contributed by atoms with Gasteiger partial charge in [0, 0.05) is 15.3 Å². The van der Waals surface area contributed by atoms with E-state index in [2.05, 4.69) is 40.6 Å². The third-order valence-electron chi connectivity index (χ3n) is 4.53. The smallest absolute Gasteiger partial charge is 0.164 e. The van der Waals surface area contributed by atoms with Crippen LogP contribution in [-0.4, -0.2) is 21.0 Å². The molecule has 2 aromatic heterocycles. The number of thiophene rings is 1. The van der Waals surface area contributed by atoms with Gasteiger partial charge in [-0.3, -0.25) is 0 Å². The van der Waals surface area contributed by atoms with E-state index < -0.39 is 0 Å². The summed E-state index contributed by atoms with van der Waals surface area (Å²) in [6.45, 7) is 0. The van der Waals surface area contributed by atoms with Gasteiger partial charge in [0.05, 0.1) is 5.69 Å². The van der Waals surface area contributed by atoms with Crippen molar-refractivity contribution in [2.75, 3.05) is 12.0 Å². The van der Waals surface area contributed by atoms with Crippen LogP contribution < -0.4 is 5.73 Å². The molecule has 2 N–H and O–H groups in total. The SMILES string of the molecule is CSc1ccc(-c2ncnn2-c2sc3c(c2N)CCCCC3)cc1. The normalized spacial score (nSPS) is 14.4. The summed E-state index contributed by atoms with van der Waals surface area (Å²) < 4.78 is 1.91. The van der Waals surface area contributed by atoms with Crippen molar-refractivity contribution in [2.45, 2.75) is 37.0 Å². The van der Waals surface area contributed by atoms with Gasteiger partial charge in [-0.2, -0.15) is 5.10 Å². The summed E-state index contributed by atoms with van der Waals surface area (Å²) in [5.74, 6) is 0.853. The van der Waals surface area contributed by atoms with Gasteiger partial charge in [0.2, 0.25) is 0 Å². The molecule has 1 aromatic carbocycles. The van der Waals surface area contributed by atoms with Crippen LogP contribution in [0.2, 0.25) is 0 Å². The van der Waals surface area contributed by atoms with Crippen LogP contribution in [0.3, 0.4) is 0 Å². The fourth-order valence-electron chi connectivity index (χ4n) is 3.24. The number of nitrogen functional groups attached to an aromatic ring is 1. The predicted octanol–water partition coefficient (Wildman–Crippen LogP) is 4.57. The summed E-state index contributed by atoms with van der Waals surface area (Å²) in [4.78, 5) is 7.15. The van der Waals surface area contributed by atoms with E-state index in [1.807, 2.05) is 4.68 Å². The zero-order valence-corrected chi connectivity index (χ0v) is 15.3. The van der Waals surface area contributed by atoms with Crippen LogP contribution in [0.15, 0.2) is 35.5 Å². The number of aromatic nitrogens is 3. The minimum Gasteiger partial charge on any atom is -0.396 e. The Hall–Kier alpha value is -1.79. The molecule has 1 aliphatic carbocycles. The molecule has 0 amide bonds. The molecule has 0 unspecified atom stereocenters. The Morgan fingerprint density at radius 3 is 2.71 bits per heavy atom. The number of nitrogens with two attached hydrogens (primary N) is 1. The first-order valence-electron chi connectivity index (χ1n) is 8.22. The number of fused-ring (bicyclic) bond motifs is 1. The van der Waals surface area contributed by atoms with Crippen LogP contribution in [0.4, 0.5) is 5.69 Å². The Morgan fingerprint density at radius 1 is 1.12 bits per heavy atom. The van der Waals surface area contributed by atoms with Gasteiger partial charge in [-0.1, -0.05) is 18.6 Å². The molecule has 4 rings (SSSR count). The maximum absolute atomic E-state index is 6.50. The lowest BCUT2D eigenvalue weighted by Gasteiger charge is -2.06. The summed E-state index contributed by atoms with van der Waals surface area (Å²) in [6, 6.07) is 8.43. The topological polar surface area (TPSA) is 56.7 Å². The molecule has 4 nitrogen and oxygen atoms in total. The number of nitrogens with zero attached hydrogens (tertiary/aromatic N) is 3. The Morgan fingerprint density at radius 2 is 1.92 bits per heavy atom. The molecule has 1 aliphatic rings. The highest BCUT2D eigenvalue weighted by Crippen LogP contribution is 2.39. The molecule has 0 saturated carbocycles. The van der Waals surface area contributed by atoms with Crippen molar-refractivity contribution in [3.8, 4) is 16.4 Å². The molecule has 24 heavy (non-hydrogen) atoms. The number of hydrogen-bond acceptors (Lipinski definition) is 5. The standard InChI is InChI=1S/C18H20N4S2/c1-23-13-9-7-12(8-10-13)17-20-11-21-22(17)18-16(19)14-5-3-2-4-6-15(14)24-18/h7-11H,2-6,19H2,1H3. The molecule has 0 radical (unpaired) electrons. The quantitative estimate of drug-likeness (QED) is 0.552. The number of hydrogen-bond donors (Lipinski definition) is 1. The van der Waals surface area contributed by atoms with Crippen LogP contribution in [-0.2, 0) is 12.8 Å². The van der Waals surface area contributed by atoms with Gasteiger partial charge in [-0.05, 0) is 49.6 Å². The zero-order chi connectivity index (χ0) is 16.5. The monoisotopic (exact) mass is 356 g/mol. The van der Waals surface area contributed by atoms with Crippen molar-refractivity contribution in [3.63, 3.8) is 0 Å². The lowest BCUT2D eigenvalue weighted by molar-refractivity contribution is 0.712. The van der Waals surface area contributed by atoms with Gasteiger partial charge in [0.1, 0.15) is 11.3 Å². The minimum absolute atomic E-state index is 0.853. The lowest BCUT2D eigenvalue weighted by Crippen LogP contribution is -2.02. The highest BCUT2D eigenvalue weighted by atomic mass is 32.2. The highest BCUT2D eigenvalue weighted by Gasteiger charge is 2.21. The van der Waals surface area contributed by atoms with Crippen LogP contribution in [0, 0.1) is 0 Å². The Labute approximate surface area is 150 Å². The van der Waals surface area contributed by atoms with E-state index in [1.54, 1.807) is 29.4 Å². The number of benzene rings is 1. The number of rotatable bonds is 3. The maximum Gasteiger partial charge on any atom is 0.164 e. The van der Waals surface area contributed by atoms with Gasteiger partial charge in [0.15, 0.2) is 5.82 Å². The molecular formula is C18H20N4S2. The molecule has 0 saturated heterocycles. The third kappa shape index (κ3) is 2.74. The van der Waals surface area contributed by atoms with Crippen molar-refractivity contribution >= 4 is 28.8 Å². The minimum atomic E-state index is 0.853. The van der Waals surface area contributed by atoms with E-state index in [4.69, 9.17) is 5.73 Å². The van der Waals surface area contributed by atoms with E-state index in [0.29, 0.717) is 0 Å². The molecule has 0 bridgehead atoms. The second-order valence-corrected chi connectivity index (χ2v) is 7.97. The predicted molar refractivity (Wildman–Crippen MR) is 102 cm³/mol. The summed E-state index contributed by atoms with van der Waals surface area (Å²) in [5.41, 5.74) is 9.79. The lowest BCUT2D eigenvalue weighted by atomic mass is 10.1. The number of anilines is 1. The summed E-state index contributed by atoms with van der Waals surface area (Å²) in [5, 5.41) is 5.48. The second kappa shape index (κ2) is 6.61. The van der Waals surface area contributed by atoms with Crippen LogP contribution >= 0.6 is 23.1 Å². The van der Waals surface area contributed by atoms with Crippen LogP contribution in [0.25, 0.3) is 16.4 Å². The summed E-state index contributed by atoms with van der Waals surface area (Å²) >= 11 is 3.52. The van der Waals surface area contributed by atoms with Crippen molar-refractivity contribution in [1.82, 2.24) is 14.8 Å². The Bertz CT molecular complexity index is 849. The molecule has 2 heterocycles. The molecule has 0 fully saturated rings. The van der Waals surface area contributed by atoms with Crippen molar-refractivity contribution in [2.24, 2.45) is 0 Å². The van der Waals surface area contributed by atoms with Gasteiger partial charge in [-0.15, -0.1) is 23.1 Å². The van der Waals surface area contributed by atoms with Gasteiger partial charge in [0.25, 0.3) is 0 Å². The fourth-order valence-corrected chi connectivity index (χ4v) is 4.91. The molecule has 0 aliphatic heterocycles. The molecule has 3 aromatic rings. The first-order chi connectivity index (χ1) is 11.8. The third-order valence-corrected chi connectivity index (χ3v) is 6.56. The number of aryl methyl sites for hydroxylation is 1. The maximum atomic E-state index is 6.50. The van der Waals surface area contributed by atoms with Crippen molar-refractivity contribution < 1.29 is 0 Å². The average molecular weight is 357 g/mol. The molecule has 0 atom stereocenters. The average Bonchev–Trinajstić information content (AvgIpc) is 3.13. The molecular weight excluding hydrogens is 336 g/mol. The van der Waals surface area contributed by atoms with E-state index in [0.717, 1.165) is 34.9 Å². The Kier molecular flexibility index (Phi) is 4.33.